The molecule has 0 saturated heterocycles. The molecule has 0 atom stereocenters. The van der Waals surface area contributed by atoms with Crippen LogP contribution in [0.15, 0.2) is 41.5 Å². The third-order valence-electron chi connectivity index (χ3n) is 3.45. The summed E-state index contributed by atoms with van der Waals surface area (Å²) in [5, 5.41) is 24.8. The molecule has 1 amide bonds. The molecule has 0 aliphatic heterocycles. The van der Waals surface area contributed by atoms with Crippen molar-refractivity contribution in [2.45, 2.75) is 13.3 Å². The number of nitro benzene ring substituents is 1. The van der Waals surface area contributed by atoms with E-state index in [-0.39, 0.29) is 28.5 Å². The summed E-state index contributed by atoms with van der Waals surface area (Å²) in [6.45, 7) is 2.19. The van der Waals surface area contributed by atoms with Crippen molar-refractivity contribution >= 4 is 17.8 Å². The van der Waals surface area contributed by atoms with Crippen LogP contribution in [0.5, 0.6) is 17.2 Å². The maximum atomic E-state index is 12.0. The number of hydrazone groups is 1. The molecule has 0 aliphatic carbocycles. The summed E-state index contributed by atoms with van der Waals surface area (Å²) in [5.41, 5.74) is 2.37. The number of carbonyl (C=O) groups is 1. The molecule has 0 fully saturated rings. The van der Waals surface area contributed by atoms with Gasteiger partial charge < -0.3 is 14.6 Å². The standard InChI is InChI=1S/C18H19N3O6/c1-3-8-27-17-14(21(24)25)9-12(10-16(17)26-2)11-19-20-18(23)13-6-4-5-7-15(13)22/h4-7,9-11,22H,3,8H2,1-2H3,(H,20,23)/b19-11-. The molecular formula is C18H19N3O6. The first-order chi connectivity index (χ1) is 13.0. The van der Waals surface area contributed by atoms with Crippen molar-refractivity contribution in [3.8, 4) is 17.2 Å². The van der Waals surface area contributed by atoms with Crippen LogP contribution < -0.4 is 14.9 Å². The summed E-state index contributed by atoms with van der Waals surface area (Å²) in [6.07, 6.45) is 1.92. The minimum atomic E-state index is -0.617. The quantitative estimate of drug-likeness (QED) is 0.417. The number of hydrogen-bond acceptors (Lipinski definition) is 7. The molecule has 0 saturated carbocycles. The maximum absolute atomic E-state index is 12.0. The Labute approximate surface area is 155 Å². The number of nitro groups is 1. The van der Waals surface area contributed by atoms with Crippen molar-refractivity contribution in [1.82, 2.24) is 5.43 Å². The van der Waals surface area contributed by atoms with Gasteiger partial charge in [-0.25, -0.2) is 5.43 Å². The molecule has 0 aliphatic rings. The molecule has 0 bridgehead atoms. The van der Waals surface area contributed by atoms with Gasteiger partial charge in [0.1, 0.15) is 5.75 Å². The fraction of sp³-hybridized carbons (Fsp3) is 0.222. The SMILES string of the molecule is CCCOc1c(OC)cc(/C=N\NC(=O)c2ccccc2O)cc1[N+](=O)[O-]. The molecule has 0 spiro atoms. The van der Waals surface area contributed by atoms with Gasteiger partial charge in [-0.2, -0.15) is 5.10 Å². The van der Waals surface area contributed by atoms with E-state index in [2.05, 4.69) is 10.5 Å². The first-order valence-electron chi connectivity index (χ1n) is 8.08. The second-order valence-electron chi connectivity index (χ2n) is 5.39. The third kappa shape index (κ3) is 4.94. The zero-order valence-corrected chi connectivity index (χ0v) is 14.8. The normalized spacial score (nSPS) is 10.6. The monoisotopic (exact) mass is 373 g/mol. The van der Waals surface area contributed by atoms with E-state index >= 15 is 0 Å². The van der Waals surface area contributed by atoms with Gasteiger partial charge in [0.15, 0.2) is 5.75 Å². The van der Waals surface area contributed by atoms with Crippen molar-refractivity contribution in [1.29, 1.82) is 0 Å². The van der Waals surface area contributed by atoms with Crippen LogP contribution in [0.1, 0.15) is 29.3 Å². The molecule has 2 rings (SSSR count). The number of methoxy groups -OCH3 is 1. The van der Waals surface area contributed by atoms with E-state index in [4.69, 9.17) is 9.47 Å². The summed E-state index contributed by atoms with van der Waals surface area (Å²) in [6, 6.07) is 8.77. The third-order valence-corrected chi connectivity index (χ3v) is 3.45. The average molecular weight is 373 g/mol. The largest absolute Gasteiger partial charge is 0.507 e. The molecule has 142 valence electrons. The highest BCUT2D eigenvalue weighted by molar-refractivity contribution is 5.97. The minimum Gasteiger partial charge on any atom is -0.507 e. The number of nitrogens with zero attached hydrogens (tertiary/aromatic N) is 2. The van der Waals surface area contributed by atoms with E-state index in [0.717, 1.165) is 0 Å². The molecule has 0 unspecified atom stereocenters. The molecule has 0 heterocycles. The molecule has 27 heavy (non-hydrogen) atoms. The average Bonchev–Trinajstić information content (AvgIpc) is 2.66. The number of rotatable bonds is 8. The molecule has 2 aromatic rings. The number of aromatic hydroxyl groups is 1. The summed E-state index contributed by atoms with van der Waals surface area (Å²) in [5.74, 6) is -0.570. The summed E-state index contributed by atoms with van der Waals surface area (Å²) in [4.78, 5) is 22.7. The molecular weight excluding hydrogens is 354 g/mol. The number of nitrogens with one attached hydrogen (secondary N) is 1. The highest BCUT2D eigenvalue weighted by atomic mass is 16.6. The number of amides is 1. The first kappa shape index (κ1) is 19.7. The van der Waals surface area contributed by atoms with Gasteiger partial charge in [-0.15, -0.1) is 0 Å². The zero-order valence-electron chi connectivity index (χ0n) is 14.8. The lowest BCUT2D eigenvalue weighted by Gasteiger charge is -2.11. The summed E-state index contributed by atoms with van der Waals surface area (Å²) < 4.78 is 10.6. The molecule has 0 aromatic heterocycles. The number of ether oxygens (including phenoxy) is 2. The fourth-order valence-electron chi connectivity index (χ4n) is 2.21. The van der Waals surface area contributed by atoms with Gasteiger partial charge in [0.05, 0.1) is 30.4 Å². The van der Waals surface area contributed by atoms with Crippen LogP contribution in [-0.2, 0) is 0 Å². The fourth-order valence-corrected chi connectivity index (χ4v) is 2.21. The highest BCUT2D eigenvalue weighted by Crippen LogP contribution is 2.38. The van der Waals surface area contributed by atoms with E-state index in [0.29, 0.717) is 18.6 Å². The Morgan fingerprint density at radius 1 is 1.37 bits per heavy atom. The Morgan fingerprint density at radius 3 is 2.74 bits per heavy atom. The van der Waals surface area contributed by atoms with E-state index in [9.17, 15) is 20.0 Å². The van der Waals surface area contributed by atoms with Crippen molar-refractivity contribution < 1.29 is 24.3 Å². The van der Waals surface area contributed by atoms with E-state index in [1.54, 1.807) is 12.1 Å². The number of phenols is 1. The predicted molar refractivity (Wildman–Crippen MR) is 98.6 cm³/mol. The van der Waals surface area contributed by atoms with Crippen molar-refractivity contribution in [2.24, 2.45) is 5.10 Å². The van der Waals surface area contributed by atoms with Crippen LogP contribution in [0.25, 0.3) is 0 Å². The summed E-state index contributed by atoms with van der Waals surface area (Å²) in [7, 11) is 1.37. The van der Waals surface area contributed by atoms with Crippen LogP contribution in [-0.4, -0.2) is 35.9 Å². The van der Waals surface area contributed by atoms with Gasteiger partial charge in [-0.3, -0.25) is 14.9 Å². The van der Waals surface area contributed by atoms with Crippen LogP contribution in [0.2, 0.25) is 0 Å². The van der Waals surface area contributed by atoms with Crippen molar-refractivity contribution in [2.75, 3.05) is 13.7 Å². The van der Waals surface area contributed by atoms with Crippen LogP contribution in [0.3, 0.4) is 0 Å². The smallest absolute Gasteiger partial charge is 0.315 e. The van der Waals surface area contributed by atoms with Gasteiger partial charge in [0.25, 0.3) is 5.91 Å². The van der Waals surface area contributed by atoms with Gasteiger partial charge in [0.2, 0.25) is 5.75 Å². The zero-order chi connectivity index (χ0) is 19.8. The predicted octanol–water partition coefficient (Wildman–Crippen LogP) is 2.86. The Balaban J connectivity index is 2.24. The van der Waals surface area contributed by atoms with E-state index in [1.165, 1.54) is 37.6 Å². The van der Waals surface area contributed by atoms with E-state index < -0.39 is 10.8 Å². The Morgan fingerprint density at radius 2 is 2.11 bits per heavy atom. The lowest BCUT2D eigenvalue weighted by Crippen LogP contribution is -2.17. The Kier molecular flexibility index (Phi) is 6.70. The number of hydrogen-bond donors (Lipinski definition) is 2. The molecule has 9 nitrogen and oxygen atoms in total. The minimum absolute atomic E-state index is 0.0414. The van der Waals surface area contributed by atoms with Crippen molar-refractivity contribution in [3.05, 3.63) is 57.6 Å². The summed E-state index contributed by atoms with van der Waals surface area (Å²) >= 11 is 0. The molecule has 2 aromatic carbocycles. The Hall–Kier alpha value is -3.62. The second kappa shape index (κ2) is 9.18. The second-order valence-corrected chi connectivity index (χ2v) is 5.39. The number of para-hydroxylation sites is 1. The number of benzene rings is 2. The van der Waals surface area contributed by atoms with Gasteiger partial charge >= 0.3 is 5.69 Å². The lowest BCUT2D eigenvalue weighted by molar-refractivity contribution is -0.386. The topological polar surface area (TPSA) is 123 Å². The van der Waals surface area contributed by atoms with Gasteiger partial charge in [-0.1, -0.05) is 19.1 Å². The van der Waals surface area contributed by atoms with Crippen LogP contribution >= 0.6 is 0 Å². The van der Waals surface area contributed by atoms with Crippen molar-refractivity contribution in [3.63, 3.8) is 0 Å². The maximum Gasteiger partial charge on any atom is 0.315 e. The number of carbonyl (C=O) groups excluding carboxylic acids is 1. The number of phenolic OH excluding ortho intramolecular Hbond substituents is 1. The molecule has 0 radical (unpaired) electrons. The molecule has 9 heteroatoms. The Bertz CT molecular complexity index is 866. The lowest BCUT2D eigenvalue weighted by atomic mass is 10.2. The van der Waals surface area contributed by atoms with Crippen LogP contribution in [0, 0.1) is 10.1 Å². The highest BCUT2D eigenvalue weighted by Gasteiger charge is 2.22. The van der Waals surface area contributed by atoms with Gasteiger partial charge in [0, 0.05) is 11.6 Å². The van der Waals surface area contributed by atoms with E-state index in [1.807, 2.05) is 6.92 Å². The van der Waals surface area contributed by atoms with Gasteiger partial charge in [-0.05, 0) is 24.6 Å². The van der Waals surface area contributed by atoms with Crippen LogP contribution in [0.4, 0.5) is 5.69 Å². The first-order valence-corrected chi connectivity index (χ1v) is 8.08. The molecule has 2 N–H and O–H groups in total.